The van der Waals surface area contributed by atoms with E-state index in [9.17, 15) is 19.2 Å². The maximum Gasteiger partial charge on any atom is 0.338 e. The van der Waals surface area contributed by atoms with Gasteiger partial charge in [-0.25, -0.2) is 9.69 Å². The molecule has 0 bridgehead atoms. The average molecular weight is 412 g/mol. The van der Waals surface area contributed by atoms with Gasteiger partial charge < -0.3 is 0 Å². The summed E-state index contributed by atoms with van der Waals surface area (Å²) < 4.78 is 0. The molecule has 0 aromatic heterocycles. The molecule has 3 aromatic rings. The van der Waals surface area contributed by atoms with E-state index in [4.69, 9.17) is 0 Å². The molecule has 0 saturated carbocycles. The van der Waals surface area contributed by atoms with Crippen molar-refractivity contribution in [3.8, 4) is 0 Å². The Bertz CT molecular complexity index is 1110. The molecule has 4 amide bonds. The van der Waals surface area contributed by atoms with E-state index in [0.29, 0.717) is 11.3 Å². The molecule has 1 aliphatic heterocycles. The number of barbiturate groups is 1. The number of aldehydes is 1. The summed E-state index contributed by atoms with van der Waals surface area (Å²) in [7, 11) is 0. The van der Waals surface area contributed by atoms with Crippen molar-refractivity contribution >= 4 is 29.8 Å². The Hall–Kier alpha value is -4.06. The molecule has 4 rings (SSSR count). The summed E-state index contributed by atoms with van der Waals surface area (Å²) in [6.45, 7) is 0.0791. The molecule has 31 heavy (non-hydrogen) atoms. The number of imide groups is 2. The lowest BCUT2D eigenvalue weighted by atomic mass is 9.93. The number of hydrogen-bond donors (Lipinski definition) is 0. The molecule has 1 unspecified atom stereocenters. The highest BCUT2D eigenvalue weighted by Gasteiger charge is 2.46. The van der Waals surface area contributed by atoms with Crippen LogP contribution in [-0.4, -0.2) is 29.0 Å². The van der Waals surface area contributed by atoms with Crippen LogP contribution in [0.25, 0.3) is 0 Å². The number of benzene rings is 3. The lowest BCUT2D eigenvalue weighted by molar-refractivity contribution is -0.141. The molecule has 0 N–H and O–H groups in total. The Balaban J connectivity index is 1.69. The van der Waals surface area contributed by atoms with E-state index >= 15 is 0 Å². The minimum absolute atomic E-state index is 0.0791. The molecule has 3 aromatic carbocycles. The van der Waals surface area contributed by atoms with E-state index in [2.05, 4.69) is 0 Å². The standard InChI is InChI=1S/C25H20N2O4/c28-17-20-13-11-18(12-14-20)15-22-23(29)26(16-19-7-3-1-4-8-19)25(31)27(24(22)30)21-9-5-2-6-10-21/h1-14,17,22H,15-16H2. The van der Waals surface area contributed by atoms with Crippen LogP contribution in [0, 0.1) is 5.92 Å². The van der Waals surface area contributed by atoms with E-state index in [-0.39, 0.29) is 13.0 Å². The van der Waals surface area contributed by atoms with Crippen molar-refractivity contribution in [3.63, 3.8) is 0 Å². The third-order valence-electron chi connectivity index (χ3n) is 5.26. The largest absolute Gasteiger partial charge is 0.338 e. The van der Waals surface area contributed by atoms with Crippen LogP contribution in [0.4, 0.5) is 10.5 Å². The molecule has 6 heteroatoms. The first-order chi connectivity index (χ1) is 15.1. The van der Waals surface area contributed by atoms with Gasteiger partial charge in [0.2, 0.25) is 11.8 Å². The number of carbonyl (C=O) groups is 4. The smallest absolute Gasteiger partial charge is 0.298 e. The maximum atomic E-state index is 13.3. The van der Waals surface area contributed by atoms with E-state index in [1.807, 2.05) is 30.3 Å². The van der Waals surface area contributed by atoms with Crippen LogP contribution < -0.4 is 4.90 Å². The van der Waals surface area contributed by atoms with Crippen LogP contribution >= 0.6 is 0 Å². The summed E-state index contributed by atoms with van der Waals surface area (Å²) in [5.74, 6) is -2.11. The number of urea groups is 1. The minimum Gasteiger partial charge on any atom is -0.298 e. The van der Waals surface area contributed by atoms with Crippen molar-refractivity contribution in [1.82, 2.24) is 4.90 Å². The fourth-order valence-electron chi connectivity index (χ4n) is 3.63. The van der Waals surface area contributed by atoms with E-state index in [0.717, 1.165) is 27.2 Å². The number of amides is 4. The van der Waals surface area contributed by atoms with Gasteiger partial charge in [0, 0.05) is 5.56 Å². The number of nitrogens with zero attached hydrogens (tertiary/aromatic N) is 2. The third kappa shape index (κ3) is 4.14. The quantitative estimate of drug-likeness (QED) is 0.455. The van der Waals surface area contributed by atoms with Crippen molar-refractivity contribution in [1.29, 1.82) is 0 Å². The monoisotopic (exact) mass is 412 g/mol. The molecule has 0 spiro atoms. The maximum absolute atomic E-state index is 13.3. The predicted molar refractivity (Wildman–Crippen MR) is 115 cm³/mol. The summed E-state index contributed by atoms with van der Waals surface area (Å²) in [5.41, 5.74) is 2.46. The second kappa shape index (κ2) is 8.75. The Morgan fingerprint density at radius 1 is 0.710 bits per heavy atom. The molecule has 1 saturated heterocycles. The normalized spacial score (nSPS) is 16.5. The van der Waals surface area contributed by atoms with E-state index in [1.54, 1.807) is 54.6 Å². The van der Waals surface area contributed by atoms with Gasteiger partial charge in [-0.3, -0.25) is 19.3 Å². The Labute approximate surface area is 179 Å². The Kier molecular flexibility index (Phi) is 5.71. The molecule has 0 radical (unpaired) electrons. The van der Waals surface area contributed by atoms with Crippen LogP contribution in [0.15, 0.2) is 84.9 Å². The molecule has 1 aliphatic rings. The fraction of sp³-hybridized carbons (Fsp3) is 0.120. The lowest BCUT2D eigenvalue weighted by Crippen LogP contribution is -2.60. The van der Waals surface area contributed by atoms with Crippen LogP contribution in [0.2, 0.25) is 0 Å². The van der Waals surface area contributed by atoms with E-state index < -0.39 is 23.8 Å². The summed E-state index contributed by atoms with van der Waals surface area (Å²) in [5, 5.41) is 0. The van der Waals surface area contributed by atoms with Gasteiger partial charge in [-0.05, 0) is 29.7 Å². The van der Waals surface area contributed by atoms with Crippen LogP contribution in [-0.2, 0) is 22.6 Å². The second-order valence-corrected chi connectivity index (χ2v) is 7.32. The summed E-state index contributed by atoms with van der Waals surface area (Å²) in [4.78, 5) is 52.9. The number of hydrogen-bond acceptors (Lipinski definition) is 4. The molecule has 0 aliphatic carbocycles. The zero-order valence-electron chi connectivity index (χ0n) is 16.7. The number of anilines is 1. The van der Waals surface area contributed by atoms with Gasteiger partial charge in [0.1, 0.15) is 12.2 Å². The van der Waals surface area contributed by atoms with Gasteiger partial charge >= 0.3 is 6.03 Å². The Morgan fingerprint density at radius 2 is 1.32 bits per heavy atom. The number of para-hydroxylation sites is 1. The average Bonchev–Trinajstić information content (AvgIpc) is 2.81. The first kappa shape index (κ1) is 20.2. The molecule has 154 valence electrons. The summed E-state index contributed by atoms with van der Waals surface area (Å²) >= 11 is 0. The van der Waals surface area contributed by atoms with Crippen LogP contribution in [0.1, 0.15) is 21.5 Å². The summed E-state index contributed by atoms with van der Waals surface area (Å²) in [6, 6.07) is 23.9. The topological polar surface area (TPSA) is 74.8 Å². The highest BCUT2D eigenvalue weighted by atomic mass is 16.2. The molecule has 1 atom stereocenters. The minimum atomic E-state index is -1.04. The van der Waals surface area contributed by atoms with Gasteiger partial charge in [-0.1, -0.05) is 72.8 Å². The van der Waals surface area contributed by atoms with Crippen molar-refractivity contribution in [2.75, 3.05) is 4.90 Å². The highest BCUT2D eigenvalue weighted by Crippen LogP contribution is 2.28. The van der Waals surface area contributed by atoms with Gasteiger partial charge in [0.05, 0.1) is 12.2 Å². The number of carbonyl (C=O) groups excluding carboxylic acids is 4. The lowest BCUT2D eigenvalue weighted by Gasteiger charge is -2.37. The zero-order chi connectivity index (χ0) is 21.8. The third-order valence-corrected chi connectivity index (χ3v) is 5.26. The van der Waals surface area contributed by atoms with E-state index in [1.165, 1.54) is 0 Å². The van der Waals surface area contributed by atoms with Crippen molar-refractivity contribution in [3.05, 3.63) is 102 Å². The predicted octanol–water partition coefficient (Wildman–Crippen LogP) is 3.85. The van der Waals surface area contributed by atoms with Gasteiger partial charge in [-0.15, -0.1) is 0 Å². The van der Waals surface area contributed by atoms with Crippen molar-refractivity contribution < 1.29 is 19.2 Å². The molecule has 1 heterocycles. The van der Waals surface area contributed by atoms with Gasteiger partial charge in [0.15, 0.2) is 0 Å². The highest BCUT2D eigenvalue weighted by molar-refractivity contribution is 6.27. The first-order valence-electron chi connectivity index (χ1n) is 9.91. The first-order valence-corrected chi connectivity index (χ1v) is 9.91. The zero-order valence-corrected chi connectivity index (χ0v) is 16.7. The molecular weight excluding hydrogens is 392 g/mol. The molecule has 6 nitrogen and oxygen atoms in total. The van der Waals surface area contributed by atoms with Crippen molar-refractivity contribution in [2.45, 2.75) is 13.0 Å². The SMILES string of the molecule is O=Cc1ccc(CC2C(=O)N(Cc3ccccc3)C(=O)N(c3ccccc3)C2=O)cc1. The fourth-order valence-corrected chi connectivity index (χ4v) is 3.63. The van der Waals surface area contributed by atoms with Crippen LogP contribution in [0.5, 0.6) is 0 Å². The summed E-state index contributed by atoms with van der Waals surface area (Å²) in [6.07, 6.45) is 0.872. The van der Waals surface area contributed by atoms with Gasteiger partial charge in [0.25, 0.3) is 0 Å². The van der Waals surface area contributed by atoms with Crippen molar-refractivity contribution in [2.24, 2.45) is 5.92 Å². The van der Waals surface area contributed by atoms with Crippen LogP contribution in [0.3, 0.4) is 0 Å². The molecular formula is C25H20N2O4. The molecule has 1 fully saturated rings. The second-order valence-electron chi connectivity index (χ2n) is 7.32. The number of rotatable bonds is 6. The van der Waals surface area contributed by atoms with Gasteiger partial charge in [-0.2, -0.15) is 0 Å². The Morgan fingerprint density at radius 3 is 1.94 bits per heavy atom.